The minimum absolute atomic E-state index is 0.256. The van der Waals surface area contributed by atoms with Gasteiger partial charge in [0.1, 0.15) is 0 Å². The summed E-state index contributed by atoms with van der Waals surface area (Å²) in [5.74, 6) is 0.256. The van der Waals surface area contributed by atoms with E-state index in [1.165, 1.54) is 5.69 Å². The number of anilines is 2. The van der Waals surface area contributed by atoms with E-state index in [9.17, 15) is 4.79 Å². The van der Waals surface area contributed by atoms with Crippen LogP contribution < -0.4 is 15.5 Å². The summed E-state index contributed by atoms with van der Waals surface area (Å²) in [6.45, 7) is 5.61. The van der Waals surface area contributed by atoms with Crippen LogP contribution in [0.1, 0.15) is 39.0 Å². The average molecular weight is 289 g/mol. The number of rotatable bonds is 7. The Balaban J connectivity index is 1.96. The van der Waals surface area contributed by atoms with E-state index in [0.29, 0.717) is 6.42 Å². The molecule has 1 heterocycles. The van der Waals surface area contributed by atoms with Crippen molar-refractivity contribution in [2.45, 2.75) is 39.0 Å². The molecule has 1 aromatic carbocycles. The van der Waals surface area contributed by atoms with Crippen LogP contribution in [0.2, 0.25) is 0 Å². The maximum atomic E-state index is 12.5. The molecule has 4 heteroatoms. The topological polar surface area (TPSA) is 49.6 Å². The number of hydrogen-bond donors (Lipinski definition) is 1. The van der Waals surface area contributed by atoms with E-state index >= 15 is 0 Å². The zero-order valence-electron chi connectivity index (χ0n) is 13.1. The van der Waals surface area contributed by atoms with Crippen LogP contribution in [0.4, 0.5) is 11.4 Å². The molecule has 1 aliphatic rings. The number of carbonyl (C=O) groups excluding carboxylic acids is 1. The molecule has 0 fully saturated rings. The Morgan fingerprint density at radius 1 is 1.10 bits per heavy atom. The Bertz CT molecular complexity index is 461. The second-order valence-corrected chi connectivity index (χ2v) is 5.57. The van der Waals surface area contributed by atoms with Crippen molar-refractivity contribution >= 4 is 17.3 Å². The van der Waals surface area contributed by atoms with Gasteiger partial charge in [0.2, 0.25) is 5.91 Å². The van der Waals surface area contributed by atoms with E-state index in [1.54, 1.807) is 0 Å². The van der Waals surface area contributed by atoms with Crippen molar-refractivity contribution in [3.8, 4) is 0 Å². The molecule has 4 nitrogen and oxygen atoms in total. The van der Waals surface area contributed by atoms with Gasteiger partial charge in [-0.2, -0.15) is 0 Å². The molecule has 0 atom stereocenters. The number of nitrogens with two attached hydrogens (primary N) is 1. The number of amides is 1. The third-order valence-corrected chi connectivity index (χ3v) is 4.13. The molecule has 1 amide bonds. The van der Waals surface area contributed by atoms with Crippen molar-refractivity contribution in [2.24, 2.45) is 5.73 Å². The number of carbonyl (C=O) groups is 1. The van der Waals surface area contributed by atoms with Gasteiger partial charge < -0.3 is 15.5 Å². The Morgan fingerprint density at radius 2 is 1.81 bits per heavy atom. The Kier molecular flexibility index (Phi) is 6.05. The molecule has 116 valence electrons. The largest absolute Gasteiger partial charge is 0.368 e. The zero-order valence-corrected chi connectivity index (χ0v) is 13.1. The normalized spacial score (nSPS) is 14.2. The van der Waals surface area contributed by atoms with Gasteiger partial charge in [0.15, 0.2) is 0 Å². The fourth-order valence-electron chi connectivity index (χ4n) is 2.92. The minimum atomic E-state index is 0.256. The average Bonchev–Trinajstić information content (AvgIpc) is 2.53. The Hall–Kier alpha value is -1.55. The molecule has 0 spiro atoms. The van der Waals surface area contributed by atoms with Gasteiger partial charge in [-0.15, -0.1) is 0 Å². The smallest absolute Gasteiger partial charge is 0.227 e. The van der Waals surface area contributed by atoms with Gasteiger partial charge in [0.25, 0.3) is 0 Å². The van der Waals surface area contributed by atoms with Crippen LogP contribution in [-0.4, -0.2) is 32.1 Å². The first-order valence-electron chi connectivity index (χ1n) is 8.12. The minimum Gasteiger partial charge on any atom is -0.368 e. The molecule has 0 aliphatic carbocycles. The van der Waals surface area contributed by atoms with E-state index < -0.39 is 0 Å². The maximum absolute atomic E-state index is 12.5. The van der Waals surface area contributed by atoms with Crippen molar-refractivity contribution in [1.29, 1.82) is 0 Å². The second-order valence-electron chi connectivity index (χ2n) is 5.57. The summed E-state index contributed by atoms with van der Waals surface area (Å²) in [7, 11) is 0. The third-order valence-electron chi connectivity index (χ3n) is 4.13. The number of unbranched alkanes of at least 4 members (excludes halogenated alkanes) is 3. The van der Waals surface area contributed by atoms with Crippen molar-refractivity contribution in [3.05, 3.63) is 24.3 Å². The molecule has 21 heavy (non-hydrogen) atoms. The highest BCUT2D eigenvalue weighted by molar-refractivity contribution is 5.97. The molecule has 2 N–H and O–H groups in total. The van der Waals surface area contributed by atoms with Gasteiger partial charge in [-0.1, -0.05) is 25.0 Å². The lowest BCUT2D eigenvalue weighted by molar-refractivity contribution is -0.118. The van der Waals surface area contributed by atoms with Crippen molar-refractivity contribution in [1.82, 2.24) is 0 Å². The van der Waals surface area contributed by atoms with Crippen LogP contribution >= 0.6 is 0 Å². The van der Waals surface area contributed by atoms with Crippen molar-refractivity contribution in [2.75, 3.05) is 36.0 Å². The molecule has 0 aromatic heterocycles. The lowest BCUT2D eigenvalue weighted by Crippen LogP contribution is -2.44. The number of benzene rings is 1. The summed E-state index contributed by atoms with van der Waals surface area (Å²) < 4.78 is 0. The second kappa shape index (κ2) is 8.03. The lowest BCUT2D eigenvalue weighted by atomic mass is 10.1. The first-order chi connectivity index (χ1) is 10.3. The standard InChI is InChI=1S/C17H27N3O/c1-2-19-13-14-20(16-10-7-6-9-15(16)19)17(21)11-5-3-4-8-12-18/h6-7,9-10H,2-5,8,11-14,18H2,1H3. The molecule has 1 aliphatic heterocycles. The first-order valence-corrected chi connectivity index (χ1v) is 8.12. The van der Waals surface area contributed by atoms with Crippen LogP contribution in [0.15, 0.2) is 24.3 Å². The van der Waals surface area contributed by atoms with E-state index in [4.69, 9.17) is 5.73 Å². The summed E-state index contributed by atoms with van der Waals surface area (Å²) in [5.41, 5.74) is 7.74. The van der Waals surface area contributed by atoms with Gasteiger partial charge >= 0.3 is 0 Å². The molecule has 0 saturated heterocycles. The summed E-state index contributed by atoms with van der Waals surface area (Å²) >= 11 is 0. The van der Waals surface area contributed by atoms with Crippen LogP contribution in [0.5, 0.6) is 0 Å². The molecular formula is C17H27N3O. The maximum Gasteiger partial charge on any atom is 0.227 e. The fourth-order valence-corrected chi connectivity index (χ4v) is 2.92. The highest BCUT2D eigenvalue weighted by atomic mass is 16.2. The van der Waals surface area contributed by atoms with Gasteiger partial charge in [0, 0.05) is 26.1 Å². The number of para-hydroxylation sites is 2. The lowest BCUT2D eigenvalue weighted by Gasteiger charge is -2.37. The summed E-state index contributed by atoms with van der Waals surface area (Å²) in [6, 6.07) is 8.23. The molecule has 0 radical (unpaired) electrons. The van der Waals surface area contributed by atoms with E-state index in [-0.39, 0.29) is 5.91 Å². The summed E-state index contributed by atoms with van der Waals surface area (Å²) in [5, 5.41) is 0. The number of hydrogen-bond acceptors (Lipinski definition) is 3. The monoisotopic (exact) mass is 289 g/mol. The molecule has 0 unspecified atom stereocenters. The predicted octanol–water partition coefficient (Wildman–Crippen LogP) is 2.77. The number of nitrogens with zero attached hydrogens (tertiary/aromatic N) is 2. The molecule has 0 bridgehead atoms. The Labute approximate surface area is 127 Å². The van der Waals surface area contributed by atoms with E-state index in [2.05, 4.69) is 24.0 Å². The molecular weight excluding hydrogens is 262 g/mol. The SMILES string of the molecule is CCN1CCN(C(=O)CCCCCCN)c2ccccc21. The van der Waals surface area contributed by atoms with Crippen LogP contribution in [0.25, 0.3) is 0 Å². The van der Waals surface area contributed by atoms with Crippen LogP contribution in [-0.2, 0) is 4.79 Å². The predicted molar refractivity (Wildman–Crippen MR) is 88.8 cm³/mol. The van der Waals surface area contributed by atoms with Crippen molar-refractivity contribution in [3.63, 3.8) is 0 Å². The first kappa shape index (κ1) is 15.8. The highest BCUT2D eigenvalue weighted by Gasteiger charge is 2.25. The van der Waals surface area contributed by atoms with E-state index in [0.717, 1.165) is 57.5 Å². The van der Waals surface area contributed by atoms with Gasteiger partial charge in [-0.25, -0.2) is 0 Å². The molecule has 0 saturated carbocycles. The number of fused-ring (bicyclic) bond motifs is 1. The van der Waals surface area contributed by atoms with Gasteiger partial charge in [-0.05, 0) is 38.4 Å². The molecule has 1 aromatic rings. The van der Waals surface area contributed by atoms with Gasteiger partial charge in [-0.3, -0.25) is 4.79 Å². The highest BCUT2D eigenvalue weighted by Crippen LogP contribution is 2.33. The summed E-state index contributed by atoms with van der Waals surface area (Å²) in [6.07, 6.45) is 4.90. The third kappa shape index (κ3) is 3.97. The van der Waals surface area contributed by atoms with Crippen molar-refractivity contribution < 1.29 is 4.79 Å². The zero-order chi connectivity index (χ0) is 15.1. The number of likely N-dealkylation sites (N-methyl/N-ethyl adjacent to an activating group) is 1. The quantitative estimate of drug-likeness (QED) is 0.785. The van der Waals surface area contributed by atoms with Gasteiger partial charge in [0.05, 0.1) is 11.4 Å². The fraction of sp³-hybridized carbons (Fsp3) is 0.588. The van der Waals surface area contributed by atoms with E-state index in [1.807, 2.05) is 17.0 Å². The summed E-state index contributed by atoms with van der Waals surface area (Å²) in [4.78, 5) is 16.8. The van der Waals surface area contributed by atoms with Crippen LogP contribution in [0, 0.1) is 0 Å². The van der Waals surface area contributed by atoms with Crippen LogP contribution in [0.3, 0.4) is 0 Å². The Morgan fingerprint density at radius 3 is 2.52 bits per heavy atom. The molecule has 2 rings (SSSR count).